The highest BCUT2D eigenvalue weighted by atomic mass is 14.9. The maximum absolute atomic E-state index is 3.47. The summed E-state index contributed by atoms with van der Waals surface area (Å²) in [6, 6.07) is 11.2. The van der Waals surface area contributed by atoms with E-state index in [9.17, 15) is 0 Å². The first-order valence-electron chi connectivity index (χ1n) is 6.76. The Kier molecular flexibility index (Phi) is 4.79. The van der Waals surface area contributed by atoms with Crippen molar-refractivity contribution in [2.45, 2.75) is 32.9 Å². The molecule has 0 aliphatic rings. The number of aromatic nitrogens is 1. The maximum Gasteiger partial charge on any atom is 0.0456 e. The molecule has 0 amide bonds. The molecule has 0 spiro atoms. The standard InChI is InChI=1S/C15H23N3/c1-12(2)17-9-5-8-16-11-14-10-13-6-3-4-7-15(13)18-14/h3-4,6-7,10,12,16-18H,5,8-9,11H2,1-2H3. The number of rotatable bonds is 7. The number of para-hydroxylation sites is 1. The summed E-state index contributed by atoms with van der Waals surface area (Å²) in [7, 11) is 0. The fraction of sp³-hybridized carbons (Fsp3) is 0.467. The Hall–Kier alpha value is -1.32. The molecule has 3 N–H and O–H groups in total. The average Bonchev–Trinajstić information content (AvgIpc) is 2.75. The summed E-state index contributed by atoms with van der Waals surface area (Å²) < 4.78 is 0. The summed E-state index contributed by atoms with van der Waals surface area (Å²) in [5, 5.41) is 8.17. The Balaban J connectivity index is 1.70. The summed E-state index contributed by atoms with van der Waals surface area (Å²) in [5.74, 6) is 0. The monoisotopic (exact) mass is 245 g/mol. The van der Waals surface area contributed by atoms with E-state index in [2.05, 4.69) is 59.8 Å². The first kappa shape index (κ1) is 13.1. The summed E-state index contributed by atoms with van der Waals surface area (Å²) in [6.45, 7) is 7.40. The van der Waals surface area contributed by atoms with Crippen LogP contribution < -0.4 is 10.6 Å². The lowest BCUT2D eigenvalue weighted by atomic mass is 10.2. The minimum absolute atomic E-state index is 0.582. The fourth-order valence-electron chi connectivity index (χ4n) is 2.06. The lowest BCUT2D eigenvalue weighted by molar-refractivity contribution is 0.546. The van der Waals surface area contributed by atoms with Crippen molar-refractivity contribution in [2.24, 2.45) is 0 Å². The quantitative estimate of drug-likeness (QED) is 0.656. The van der Waals surface area contributed by atoms with Crippen LogP contribution in [-0.4, -0.2) is 24.1 Å². The van der Waals surface area contributed by atoms with Gasteiger partial charge < -0.3 is 15.6 Å². The highest BCUT2D eigenvalue weighted by Gasteiger charge is 1.99. The number of benzene rings is 1. The molecule has 0 fully saturated rings. The van der Waals surface area contributed by atoms with Crippen molar-refractivity contribution >= 4 is 10.9 Å². The van der Waals surface area contributed by atoms with Crippen molar-refractivity contribution in [1.29, 1.82) is 0 Å². The predicted octanol–water partition coefficient (Wildman–Crippen LogP) is 2.65. The van der Waals surface area contributed by atoms with Crippen molar-refractivity contribution in [3.63, 3.8) is 0 Å². The SMILES string of the molecule is CC(C)NCCCNCc1cc2ccccc2[nH]1. The molecule has 0 bridgehead atoms. The van der Waals surface area contributed by atoms with Gasteiger partial charge in [-0.3, -0.25) is 0 Å². The molecule has 18 heavy (non-hydrogen) atoms. The van der Waals surface area contributed by atoms with Gasteiger partial charge in [0.25, 0.3) is 0 Å². The minimum atomic E-state index is 0.582. The van der Waals surface area contributed by atoms with Gasteiger partial charge in [0.2, 0.25) is 0 Å². The number of hydrogen-bond acceptors (Lipinski definition) is 2. The van der Waals surface area contributed by atoms with Crippen LogP contribution >= 0.6 is 0 Å². The second-order valence-corrected chi connectivity index (χ2v) is 5.02. The lowest BCUT2D eigenvalue weighted by Gasteiger charge is -2.08. The fourth-order valence-corrected chi connectivity index (χ4v) is 2.06. The minimum Gasteiger partial charge on any atom is -0.357 e. The molecule has 0 unspecified atom stereocenters. The van der Waals surface area contributed by atoms with Crippen LogP contribution in [0.4, 0.5) is 0 Å². The van der Waals surface area contributed by atoms with Crippen molar-refractivity contribution < 1.29 is 0 Å². The molecule has 1 aromatic heterocycles. The van der Waals surface area contributed by atoms with E-state index < -0.39 is 0 Å². The molecule has 0 radical (unpaired) electrons. The van der Waals surface area contributed by atoms with Crippen LogP contribution in [0, 0.1) is 0 Å². The zero-order valence-electron chi connectivity index (χ0n) is 11.3. The smallest absolute Gasteiger partial charge is 0.0456 e. The van der Waals surface area contributed by atoms with E-state index in [1.807, 2.05) is 0 Å². The van der Waals surface area contributed by atoms with Gasteiger partial charge in [-0.2, -0.15) is 0 Å². The Morgan fingerprint density at radius 3 is 2.78 bits per heavy atom. The van der Waals surface area contributed by atoms with Crippen LogP contribution in [0.2, 0.25) is 0 Å². The molecular weight excluding hydrogens is 222 g/mol. The van der Waals surface area contributed by atoms with Crippen LogP contribution in [0.1, 0.15) is 26.0 Å². The van der Waals surface area contributed by atoms with Crippen LogP contribution in [0.25, 0.3) is 10.9 Å². The van der Waals surface area contributed by atoms with Crippen molar-refractivity contribution in [3.8, 4) is 0 Å². The molecule has 0 saturated heterocycles. The molecular formula is C15H23N3. The van der Waals surface area contributed by atoms with Crippen LogP contribution in [0.15, 0.2) is 30.3 Å². The third-order valence-corrected chi connectivity index (χ3v) is 2.98. The van der Waals surface area contributed by atoms with Gasteiger partial charge in [0, 0.05) is 23.8 Å². The Morgan fingerprint density at radius 1 is 1.17 bits per heavy atom. The first-order chi connectivity index (χ1) is 8.75. The third kappa shape index (κ3) is 3.86. The van der Waals surface area contributed by atoms with E-state index in [0.29, 0.717) is 6.04 Å². The Morgan fingerprint density at radius 2 is 2.00 bits per heavy atom. The molecule has 3 heteroatoms. The van der Waals surface area contributed by atoms with Gasteiger partial charge >= 0.3 is 0 Å². The molecule has 0 atom stereocenters. The van der Waals surface area contributed by atoms with E-state index in [1.54, 1.807) is 0 Å². The van der Waals surface area contributed by atoms with Gasteiger partial charge in [0.1, 0.15) is 0 Å². The van der Waals surface area contributed by atoms with E-state index >= 15 is 0 Å². The summed E-state index contributed by atoms with van der Waals surface area (Å²) >= 11 is 0. The number of fused-ring (bicyclic) bond motifs is 1. The zero-order chi connectivity index (χ0) is 12.8. The number of aromatic amines is 1. The molecule has 0 aliphatic carbocycles. The highest BCUT2D eigenvalue weighted by molar-refractivity contribution is 5.80. The Labute approximate surface area is 109 Å². The van der Waals surface area contributed by atoms with Gasteiger partial charge in [-0.15, -0.1) is 0 Å². The van der Waals surface area contributed by atoms with Crippen LogP contribution in [-0.2, 0) is 6.54 Å². The zero-order valence-corrected chi connectivity index (χ0v) is 11.3. The van der Waals surface area contributed by atoms with E-state index in [-0.39, 0.29) is 0 Å². The molecule has 98 valence electrons. The number of H-pyrrole nitrogens is 1. The predicted molar refractivity (Wildman–Crippen MR) is 77.8 cm³/mol. The van der Waals surface area contributed by atoms with E-state index in [1.165, 1.54) is 23.0 Å². The van der Waals surface area contributed by atoms with Crippen molar-refractivity contribution in [2.75, 3.05) is 13.1 Å². The Bertz CT molecular complexity index is 440. The van der Waals surface area contributed by atoms with Crippen molar-refractivity contribution in [3.05, 3.63) is 36.0 Å². The molecule has 1 heterocycles. The van der Waals surface area contributed by atoms with Crippen molar-refractivity contribution in [1.82, 2.24) is 15.6 Å². The first-order valence-corrected chi connectivity index (χ1v) is 6.76. The molecule has 1 aromatic carbocycles. The molecule has 2 aromatic rings. The summed E-state index contributed by atoms with van der Waals surface area (Å²) in [6.07, 6.45) is 1.17. The van der Waals surface area contributed by atoms with Gasteiger partial charge in [0.05, 0.1) is 0 Å². The van der Waals surface area contributed by atoms with E-state index in [4.69, 9.17) is 0 Å². The third-order valence-electron chi connectivity index (χ3n) is 2.98. The lowest BCUT2D eigenvalue weighted by Crippen LogP contribution is -2.26. The average molecular weight is 245 g/mol. The maximum atomic E-state index is 3.47. The van der Waals surface area contributed by atoms with Gasteiger partial charge in [-0.05, 0) is 37.0 Å². The van der Waals surface area contributed by atoms with Crippen LogP contribution in [0.5, 0.6) is 0 Å². The second kappa shape index (κ2) is 6.57. The number of nitrogens with one attached hydrogen (secondary N) is 3. The molecule has 2 rings (SSSR count). The van der Waals surface area contributed by atoms with Crippen LogP contribution in [0.3, 0.4) is 0 Å². The summed E-state index contributed by atoms with van der Waals surface area (Å²) in [4.78, 5) is 3.43. The van der Waals surface area contributed by atoms with E-state index in [0.717, 1.165) is 19.6 Å². The van der Waals surface area contributed by atoms with Gasteiger partial charge in [0.15, 0.2) is 0 Å². The normalized spacial score (nSPS) is 11.5. The molecule has 0 saturated carbocycles. The van der Waals surface area contributed by atoms with Gasteiger partial charge in [-0.1, -0.05) is 32.0 Å². The topological polar surface area (TPSA) is 39.8 Å². The molecule has 0 aliphatic heterocycles. The second-order valence-electron chi connectivity index (χ2n) is 5.02. The highest BCUT2D eigenvalue weighted by Crippen LogP contribution is 2.14. The van der Waals surface area contributed by atoms with Gasteiger partial charge in [-0.25, -0.2) is 0 Å². The molecule has 3 nitrogen and oxygen atoms in total. The summed E-state index contributed by atoms with van der Waals surface area (Å²) in [5.41, 5.74) is 2.48. The largest absolute Gasteiger partial charge is 0.357 e. The number of hydrogen-bond donors (Lipinski definition) is 3.